The lowest BCUT2D eigenvalue weighted by Gasteiger charge is -2.31. The zero-order valence-electron chi connectivity index (χ0n) is 6.51. The van der Waals surface area contributed by atoms with Crippen molar-refractivity contribution in [1.29, 1.82) is 0 Å². The van der Waals surface area contributed by atoms with Gasteiger partial charge in [0.2, 0.25) is 0 Å². The first-order chi connectivity index (χ1) is 5.33. The van der Waals surface area contributed by atoms with Gasteiger partial charge in [-0.2, -0.15) is 0 Å². The van der Waals surface area contributed by atoms with E-state index in [1.54, 1.807) is 6.08 Å². The van der Waals surface area contributed by atoms with Crippen molar-refractivity contribution < 1.29 is 9.53 Å². The molecule has 0 radical (unpaired) electrons. The van der Waals surface area contributed by atoms with E-state index in [1.165, 1.54) is 0 Å². The van der Waals surface area contributed by atoms with Crippen molar-refractivity contribution in [3.63, 3.8) is 0 Å². The van der Waals surface area contributed by atoms with Crippen LogP contribution in [0.2, 0.25) is 0 Å². The van der Waals surface area contributed by atoms with Crippen LogP contribution in [0, 0.1) is 5.41 Å². The highest BCUT2D eigenvalue weighted by Crippen LogP contribution is 2.39. The van der Waals surface area contributed by atoms with E-state index in [4.69, 9.17) is 4.74 Å². The molecule has 1 spiro atoms. The Morgan fingerprint density at radius 3 is 2.64 bits per heavy atom. The number of carbonyl (C=O) groups excluding carboxylic acids is 1. The molecule has 0 saturated carbocycles. The van der Waals surface area contributed by atoms with E-state index in [2.05, 4.69) is 0 Å². The predicted molar refractivity (Wildman–Crippen MR) is 41.3 cm³/mol. The highest BCUT2D eigenvalue weighted by atomic mass is 16.5. The average Bonchev–Trinajstić information content (AvgIpc) is 2.36. The lowest BCUT2D eigenvalue weighted by molar-refractivity contribution is -0.127. The molecule has 0 atom stereocenters. The zero-order chi connectivity index (χ0) is 7.73. The maximum absolute atomic E-state index is 11.4. The molecule has 1 saturated heterocycles. The van der Waals surface area contributed by atoms with Gasteiger partial charge in [0, 0.05) is 18.6 Å². The Hall–Kier alpha value is -0.630. The molecular formula is C9H12O2. The molecular weight excluding hydrogens is 140 g/mol. The zero-order valence-corrected chi connectivity index (χ0v) is 6.51. The van der Waals surface area contributed by atoms with E-state index in [1.807, 2.05) is 6.08 Å². The van der Waals surface area contributed by atoms with Crippen LogP contribution in [-0.2, 0) is 9.53 Å². The molecule has 0 aromatic heterocycles. The number of carbonyl (C=O) groups is 1. The average molecular weight is 152 g/mol. The van der Waals surface area contributed by atoms with Gasteiger partial charge in [-0.25, -0.2) is 0 Å². The van der Waals surface area contributed by atoms with Crippen molar-refractivity contribution in [1.82, 2.24) is 0 Å². The molecule has 2 heteroatoms. The van der Waals surface area contributed by atoms with Crippen molar-refractivity contribution >= 4 is 5.78 Å². The summed E-state index contributed by atoms with van der Waals surface area (Å²) >= 11 is 0. The van der Waals surface area contributed by atoms with Gasteiger partial charge in [-0.15, -0.1) is 0 Å². The van der Waals surface area contributed by atoms with E-state index >= 15 is 0 Å². The molecule has 2 aliphatic rings. The molecule has 0 N–H and O–H groups in total. The van der Waals surface area contributed by atoms with Crippen molar-refractivity contribution in [2.45, 2.75) is 19.3 Å². The highest BCUT2D eigenvalue weighted by Gasteiger charge is 2.39. The van der Waals surface area contributed by atoms with Crippen LogP contribution < -0.4 is 0 Å². The van der Waals surface area contributed by atoms with E-state index in [0.29, 0.717) is 5.78 Å². The number of ketones is 1. The molecule has 60 valence electrons. The Labute approximate surface area is 66.2 Å². The monoisotopic (exact) mass is 152 g/mol. The molecule has 2 rings (SSSR count). The van der Waals surface area contributed by atoms with Crippen molar-refractivity contribution in [3.8, 4) is 0 Å². The number of allylic oxidation sites excluding steroid dienone is 2. The molecule has 1 heterocycles. The van der Waals surface area contributed by atoms with E-state index < -0.39 is 0 Å². The molecule has 0 amide bonds. The minimum Gasteiger partial charge on any atom is -0.381 e. The number of hydrogen-bond donors (Lipinski definition) is 0. The van der Waals surface area contributed by atoms with Gasteiger partial charge in [0.15, 0.2) is 5.78 Å². The number of ether oxygens (including phenoxy) is 1. The topological polar surface area (TPSA) is 26.3 Å². The Morgan fingerprint density at radius 2 is 2.09 bits per heavy atom. The summed E-state index contributed by atoms with van der Waals surface area (Å²) in [5, 5.41) is 0. The minimum absolute atomic E-state index is 0.0434. The lowest BCUT2D eigenvalue weighted by Crippen LogP contribution is -2.33. The number of hydrogen-bond acceptors (Lipinski definition) is 2. The second-order valence-corrected chi connectivity index (χ2v) is 3.36. The number of rotatable bonds is 0. The molecule has 11 heavy (non-hydrogen) atoms. The molecule has 0 aromatic carbocycles. The van der Waals surface area contributed by atoms with Gasteiger partial charge in [-0.3, -0.25) is 4.79 Å². The summed E-state index contributed by atoms with van der Waals surface area (Å²) in [5.74, 6) is 0.320. The molecule has 2 nitrogen and oxygen atoms in total. The van der Waals surface area contributed by atoms with Gasteiger partial charge < -0.3 is 4.74 Å². The Morgan fingerprint density at radius 1 is 1.36 bits per heavy atom. The Balaban J connectivity index is 2.15. The maximum Gasteiger partial charge on any atom is 0.161 e. The summed E-state index contributed by atoms with van der Waals surface area (Å²) in [5.41, 5.74) is -0.0434. The van der Waals surface area contributed by atoms with Gasteiger partial charge in [0.25, 0.3) is 0 Å². The van der Waals surface area contributed by atoms with Gasteiger partial charge >= 0.3 is 0 Å². The van der Waals surface area contributed by atoms with Crippen molar-refractivity contribution in [2.75, 3.05) is 13.2 Å². The molecule has 0 bridgehead atoms. The lowest BCUT2D eigenvalue weighted by atomic mass is 9.77. The van der Waals surface area contributed by atoms with Crippen LogP contribution in [0.1, 0.15) is 19.3 Å². The van der Waals surface area contributed by atoms with Crippen LogP contribution in [-0.4, -0.2) is 19.0 Å². The van der Waals surface area contributed by atoms with E-state index in [0.717, 1.165) is 32.5 Å². The van der Waals surface area contributed by atoms with Gasteiger partial charge in [-0.1, -0.05) is 6.08 Å². The summed E-state index contributed by atoms with van der Waals surface area (Å²) < 4.78 is 5.22. The van der Waals surface area contributed by atoms with Crippen LogP contribution >= 0.6 is 0 Å². The van der Waals surface area contributed by atoms with E-state index in [9.17, 15) is 4.79 Å². The third kappa shape index (κ3) is 1.02. The quantitative estimate of drug-likeness (QED) is 0.523. The van der Waals surface area contributed by atoms with Crippen LogP contribution in [0.15, 0.2) is 12.2 Å². The molecule has 1 fully saturated rings. The second-order valence-electron chi connectivity index (χ2n) is 3.36. The summed E-state index contributed by atoms with van der Waals surface area (Å²) in [6.45, 7) is 1.51. The summed E-state index contributed by atoms with van der Waals surface area (Å²) in [6, 6.07) is 0. The third-order valence-corrected chi connectivity index (χ3v) is 2.75. The smallest absolute Gasteiger partial charge is 0.161 e. The van der Waals surface area contributed by atoms with Crippen LogP contribution in [0.4, 0.5) is 0 Å². The highest BCUT2D eigenvalue weighted by molar-refractivity contribution is 5.97. The van der Waals surface area contributed by atoms with E-state index in [-0.39, 0.29) is 5.41 Å². The normalized spacial score (nSPS) is 28.2. The van der Waals surface area contributed by atoms with Gasteiger partial charge in [0.1, 0.15) is 0 Å². The first-order valence-electron chi connectivity index (χ1n) is 4.12. The van der Waals surface area contributed by atoms with Crippen LogP contribution in [0.5, 0.6) is 0 Å². The van der Waals surface area contributed by atoms with Crippen LogP contribution in [0.3, 0.4) is 0 Å². The van der Waals surface area contributed by atoms with Gasteiger partial charge in [0.05, 0.1) is 0 Å². The molecule has 1 aliphatic heterocycles. The summed E-state index contributed by atoms with van der Waals surface area (Å²) in [4.78, 5) is 11.4. The molecule has 1 aliphatic carbocycles. The fourth-order valence-corrected chi connectivity index (χ4v) is 1.88. The first kappa shape index (κ1) is 7.04. The van der Waals surface area contributed by atoms with Crippen molar-refractivity contribution in [2.24, 2.45) is 5.41 Å². The molecule has 0 aromatic rings. The first-order valence-corrected chi connectivity index (χ1v) is 4.12. The summed E-state index contributed by atoms with van der Waals surface area (Å²) in [7, 11) is 0. The van der Waals surface area contributed by atoms with Crippen molar-refractivity contribution in [3.05, 3.63) is 12.2 Å². The Kier molecular flexibility index (Phi) is 1.57. The largest absolute Gasteiger partial charge is 0.381 e. The second kappa shape index (κ2) is 2.45. The molecule has 0 unspecified atom stereocenters. The van der Waals surface area contributed by atoms with Crippen LogP contribution in [0.25, 0.3) is 0 Å². The predicted octanol–water partition coefficient (Wildman–Crippen LogP) is 1.31. The van der Waals surface area contributed by atoms with Gasteiger partial charge in [-0.05, 0) is 25.3 Å². The summed E-state index contributed by atoms with van der Waals surface area (Å²) in [6.07, 6.45) is 6.49. The SMILES string of the molecule is O=C1C=CCC12CCOCC2. The Bertz CT molecular complexity index is 200. The third-order valence-electron chi connectivity index (χ3n) is 2.75. The fourth-order valence-electron chi connectivity index (χ4n) is 1.88. The maximum atomic E-state index is 11.4. The standard InChI is InChI=1S/C9H12O2/c10-8-2-1-3-9(8)4-6-11-7-5-9/h1-2H,3-7H2. The minimum atomic E-state index is -0.0434. The fraction of sp³-hybridized carbons (Fsp3) is 0.667.